The van der Waals surface area contributed by atoms with Crippen LogP contribution in [0, 0.1) is 6.92 Å². The Morgan fingerprint density at radius 3 is 2.92 bits per heavy atom. The zero-order valence-corrected chi connectivity index (χ0v) is 15.1. The minimum absolute atomic E-state index is 0.0226. The van der Waals surface area contributed by atoms with Crippen molar-refractivity contribution in [3.8, 4) is 5.75 Å². The summed E-state index contributed by atoms with van der Waals surface area (Å²) in [6, 6.07) is 9.46. The molecule has 1 aliphatic rings. The van der Waals surface area contributed by atoms with Gasteiger partial charge in [-0.3, -0.25) is 9.36 Å². The quantitative estimate of drug-likeness (QED) is 0.778. The number of hydrogen-bond donors (Lipinski definition) is 0. The van der Waals surface area contributed by atoms with Crippen molar-refractivity contribution in [1.82, 2.24) is 14.5 Å². The first kappa shape index (κ1) is 18.1. The average Bonchev–Trinajstić information content (AvgIpc) is 3.07. The third-order valence-corrected chi connectivity index (χ3v) is 4.68. The zero-order chi connectivity index (χ0) is 18.6. The van der Waals surface area contributed by atoms with E-state index in [0.717, 1.165) is 11.3 Å². The normalized spacial score (nSPS) is 19.5. The van der Waals surface area contributed by atoms with Gasteiger partial charge in [-0.05, 0) is 37.1 Å². The van der Waals surface area contributed by atoms with Crippen molar-refractivity contribution >= 4 is 5.91 Å². The van der Waals surface area contributed by atoms with E-state index in [9.17, 15) is 9.59 Å². The van der Waals surface area contributed by atoms with Crippen molar-refractivity contribution < 1.29 is 14.3 Å². The lowest BCUT2D eigenvalue weighted by molar-refractivity contribution is -0.132. The summed E-state index contributed by atoms with van der Waals surface area (Å²) in [6.45, 7) is 3.35. The molecule has 1 saturated heterocycles. The highest BCUT2D eigenvalue weighted by Gasteiger charge is 2.41. The monoisotopic (exact) mass is 357 g/mol. The molecule has 1 aromatic heterocycles. The summed E-state index contributed by atoms with van der Waals surface area (Å²) in [5, 5.41) is 0. The smallest absolute Gasteiger partial charge is 0.347 e. The zero-order valence-electron chi connectivity index (χ0n) is 15.1. The topological polar surface area (TPSA) is 73.7 Å². The summed E-state index contributed by atoms with van der Waals surface area (Å²) in [5.74, 6) is 0.655. The maximum Gasteiger partial charge on any atom is 0.347 e. The lowest BCUT2D eigenvalue weighted by Gasteiger charge is -2.28. The SMILES string of the molecule is COC1(COc2cccc(C)c2)CCN(C(=O)Cn2cccnc2=O)C1. The number of nitrogens with zero attached hydrogens (tertiary/aromatic N) is 3. The maximum absolute atomic E-state index is 12.5. The summed E-state index contributed by atoms with van der Waals surface area (Å²) in [4.78, 5) is 29.6. The summed E-state index contributed by atoms with van der Waals surface area (Å²) in [7, 11) is 1.64. The van der Waals surface area contributed by atoms with Gasteiger partial charge in [0.15, 0.2) is 0 Å². The minimum Gasteiger partial charge on any atom is -0.491 e. The number of amides is 1. The maximum atomic E-state index is 12.5. The van der Waals surface area contributed by atoms with Crippen molar-refractivity contribution in [2.24, 2.45) is 0 Å². The highest BCUT2D eigenvalue weighted by atomic mass is 16.5. The van der Waals surface area contributed by atoms with Crippen LogP contribution < -0.4 is 10.4 Å². The van der Waals surface area contributed by atoms with Gasteiger partial charge in [0.2, 0.25) is 5.91 Å². The molecule has 0 aliphatic carbocycles. The van der Waals surface area contributed by atoms with E-state index < -0.39 is 11.3 Å². The first-order chi connectivity index (χ1) is 12.5. The fourth-order valence-corrected chi connectivity index (χ4v) is 3.07. The molecule has 1 amide bonds. The van der Waals surface area contributed by atoms with E-state index in [-0.39, 0.29) is 12.5 Å². The lowest BCUT2D eigenvalue weighted by atomic mass is 10.0. The predicted molar refractivity (Wildman–Crippen MR) is 96.1 cm³/mol. The summed E-state index contributed by atoms with van der Waals surface area (Å²) < 4.78 is 12.9. The molecular formula is C19H23N3O4. The number of carbonyl (C=O) groups is 1. The Morgan fingerprint density at radius 2 is 2.19 bits per heavy atom. The number of hydrogen-bond acceptors (Lipinski definition) is 5. The summed E-state index contributed by atoms with van der Waals surface area (Å²) >= 11 is 0. The van der Waals surface area contributed by atoms with Gasteiger partial charge in [0.05, 0.1) is 6.54 Å². The number of methoxy groups -OCH3 is 1. The Balaban J connectivity index is 1.62. The van der Waals surface area contributed by atoms with Gasteiger partial charge in [-0.25, -0.2) is 9.78 Å². The largest absolute Gasteiger partial charge is 0.491 e. The van der Waals surface area contributed by atoms with Crippen LogP contribution in [0.1, 0.15) is 12.0 Å². The standard InChI is InChI=1S/C19H23N3O4/c1-15-5-3-6-16(11-15)26-14-19(25-2)7-10-22(13-19)17(23)12-21-9-4-8-20-18(21)24/h3-6,8-9,11H,7,10,12-14H2,1-2H3. The van der Waals surface area contributed by atoms with Crippen molar-refractivity contribution in [1.29, 1.82) is 0 Å². The van der Waals surface area contributed by atoms with E-state index in [2.05, 4.69) is 4.98 Å². The molecule has 0 saturated carbocycles. The van der Waals surface area contributed by atoms with Gasteiger partial charge in [0.25, 0.3) is 0 Å². The molecule has 0 bridgehead atoms. The van der Waals surface area contributed by atoms with Crippen molar-refractivity contribution in [2.75, 3.05) is 26.8 Å². The van der Waals surface area contributed by atoms with Gasteiger partial charge in [-0.1, -0.05) is 12.1 Å². The summed E-state index contributed by atoms with van der Waals surface area (Å²) in [6.07, 6.45) is 3.66. The number of aryl methyl sites for hydroxylation is 1. The molecule has 138 valence electrons. The van der Waals surface area contributed by atoms with Gasteiger partial charge >= 0.3 is 5.69 Å². The molecule has 3 rings (SSSR count). The molecule has 0 spiro atoms. The van der Waals surface area contributed by atoms with E-state index in [1.54, 1.807) is 24.3 Å². The molecular weight excluding hydrogens is 334 g/mol. The minimum atomic E-state index is -0.542. The Bertz CT molecular complexity index is 835. The van der Waals surface area contributed by atoms with E-state index in [4.69, 9.17) is 9.47 Å². The highest BCUT2D eigenvalue weighted by Crippen LogP contribution is 2.26. The lowest BCUT2D eigenvalue weighted by Crippen LogP contribution is -2.43. The third kappa shape index (κ3) is 4.11. The molecule has 26 heavy (non-hydrogen) atoms. The van der Waals surface area contributed by atoms with Crippen LogP contribution in [0.5, 0.6) is 5.75 Å². The van der Waals surface area contributed by atoms with Gasteiger partial charge in [0.1, 0.15) is 24.5 Å². The first-order valence-corrected chi connectivity index (χ1v) is 8.55. The van der Waals surface area contributed by atoms with Crippen LogP contribution in [0.15, 0.2) is 47.5 Å². The average molecular weight is 357 g/mol. The third-order valence-electron chi connectivity index (χ3n) is 4.68. The predicted octanol–water partition coefficient (Wildman–Crippen LogP) is 1.25. The number of benzene rings is 1. The van der Waals surface area contributed by atoms with E-state index in [1.807, 2.05) is 31.2 Å². The van der Waals surface area contributed by atoms with Crippen LogP contribution in [0.3, 0.4) is 0 Å². The first-order valence-electron chi connectivity index (χ1n) is 8.55. The van der Waals surface area contributed by atoms with Gasteiger partial charge in [-0.15, -0.1) is 0 Å². The number of ether oxygens (including phenoxy) is 2. The van der Waals surface area contributed by atoms with Gasteiger partial charge in [-0.2, -0.15) is 0 Å². The van der Waals surface area contributed by atoms with Crippen molar-refractivity contribution in [2.45, 2.75) is 25.5 Å². The molecule has 2 heterocycles. The van der Waals surface area contributed by atoms with Crippen LogP contribution in [0.4, 0.5) is 0 Å². The molecule has 0 radical (unpaired) electrons. The molecule has 0 N–H and O–H groups in total. The molecule has 1 aromatic carbocycles. The second-order valence-electron chi connectivity index (χ2n) is 6.59. The van der Waals surface area contributed by atoms with Crippen molar-refractivity contribution in [3.63, 3.8) is 0 Å². The number of rotatable bonds is 6. The van der Waals surface area contributed by atoms with E-state index in [0.29, 0.717) is 26.1 Å². The van der Waals surface area contributed by atoms with Crippen LogP contribution in [-0.4, -0.2) is 52.8 Å². The molecule has 7 nitrogen and oxygen atoms in total. The van der Waals surface area contributed by atoms with Crippen LogP contribution in [0.25, 0.3) is 0 Å². The number of carbonyl (C=O) groups excluding carboxylic acids is 1. The van der Waals surface area contributed by atoms with E-state index >= 15 is 0 Å². The Labute approximate surface area is 152 Å². The molecule has 7 heteroatoms. The van der Waals surface area contributed by atoms with Crippen molar-refractivity contribution in [3.05, 3.63) is 58.8 Å². The number of aromatic nitrogens is 2. The molecule has 2 aromatic rings. The highest BCUT2D eigenvalue weighted by molar-refractivity contribution is 5.76. The van der Waals surface area contributed by atoms with Crippen LogP contribution >= 0.6 is 0 Å². The molecule has 1 aliphatic heterocycles. The van der Waals surface area contributed by atoms with E-state index in [1.165, 1.54) is 10.8 Å². The molecule has 1 fully saturated rings. The van der Waals surface area contributed by atoms with Gasteiger partial charge in [0, 0.05) is 26.0 Å². The Hall–Kier alpha value is -2.67. The fourth-order valence-electron chi connectivity index (χ4n) is 3.07. The second-order valence-corrected chi connectivity index (χ2v) is 6.59. The van der Waals surface area contributed by atoms with Crippen LogP contribution in [0.2, 0.25) is 0 Å². The molecule has 1 atom stereocenters. The number of likely N-dealkylation sites (tertiary alicyclic amines) is 1. The molecule has 1 unspecified atom stereocenters. The Morgan fingerprint density at radius 1 is 1.35 bits per heavy atom. The fraction of sp³-hybridized carbons (Fsp3) is 0.421. The van der Waals surface area contributed by atoms with Gasteiger partial charge < -0.3 is 14.4 Å². The Kier molecular flexibility index (Phi) is 5.37. The summed E-state index contributed by atoms with van der Waals surface area (Å²) in [5.41, 5.74) is 0.152. The second kappa shape index (κ2) is 7.70. The van der Waals surface area contributed by atoms with Crippen LogP contribution in [-0.2, 0) is 16.1 Å².